The molecule has 2 fully saturated rings. The molecule has 0 aliphatic carbocycles. The maximum absolute atomic E-state index is 12.3. The minimum absolute atomic E-state index is 0.137. The monoisotopic (exact) mass is 409 g/mol. The quantitative estimate of drug-likeness (QED) is 0.627. The predicted molar refractivity (Wildman–Crippen MR) is 119 cm³/mol. The zero-order valence-corrected chi connectivity index (χ0v) is 18.3. The van der Waals surface area contributed by atoms with Crippen molar-refractivity contribution >= 4 is 5.91 Å². The van der Waals surface area contributed by atoms with Gasteiger partial charge in [-0.3, -0.25) is 14.8 Å². The Morgan fingerprint density at radius 1 is 1.23 bits per heavy atom. The van der Waals surface area contributed by atoms with Gasteiger partial charge in [0, 0.05) is 49.9 Å². The molecule has 0 saturated carbocycles. The lowest BCUT2D eigenvalue weighted by Crippen LogP contribution is -2.55. The molecule has 2 bridgehead atoms. The van der Waals surface area contributed by atoms with Crippen molar-refractivity contribution < 1.29 is 4.79 Å². The SMILES string of the molecule is Cc1n[nH]c(C)c1CNC(=O)CCC[C@H]1NC[C@@H]2C[C@H]1CN(Cc1ccccc1)C2. The number of rotatable bonds is 8. The second-order valence-corrected chi connectivity index (χ2v) is 9.14. The van der Waals surface area contributed by atoms with Gasteiger partial charge in [0.05, 0.1) is 5.69 Å². The van der Waals surface area contributed by atoms with Crippen LogP contribution in [-0.4, -0.2) is 46.7 Å². The first-order chi connectivity index (χ1) is 14.6. The van der Waals surface area contributed by atoms with Gasteiger partial charge in [-0.05, 0) is 57.1 Å². The number of piperidine rings is 2. The Morgan fingerprint density at radius 2 is 2.07 bits per heavy atom. The molecule has 6 heteroatoms. The highest BCUT2D eigenvalue weighted by Crippen LogP contribution is 2.31. The Labute approximate surface area is 179 Å². The Morgan fingerprint density at radius 3 is 2.83 bits per heavy atom. The van der Waals surface area contributed by atoms with Crippen LogP contribution < -0.4 is 10.6 Å². The molecule has 2 aliphatic rings. The van der Waals surface area contributed by atoms with E-state index in [1.165, 1.54) is 18.5 Å². The minimum atomic E-state index is 0.137. The van der Waals surface area contributed by atoms with E-state index in [-0.39, 0.29) is 5.91 Å². The van der Waals surface area contributed by atoms with Gasteiger partial charge in [0.25, 0.3) is 0 Å². The van der Waals surface area contributed by atoms with Crippen molar-refractivity contribution in [1.29, 1.82) is 0 Å². The van der Waals surface area contributed by atoms with E-state index in [1.54, 1.807) is 0 Å². The van der Waals surface area contributed by atoms with Crippen LogP contribution in [-0.2, 0) is 17.9 Å². The van der Waals surface area contributed by atoms with Crippen molar-refractivity contribution in [3.8, 4) is 0 Å². The maximum Gasteiger partial charge on any atom is 0.220 e. The average Bonchev–Trinajstić information content (AvgIpc) is 3.06. The van der Waals surface area contributed by atoms with Gasteiger partial charge < -0.3 is 10.6 Å². The van der Waals surface area contributed by atoms with Gasteiger partial charge in [-0.1, -0.05) is 30.3 Å². The molecule has 0 unspecified atom stereocenters. The number of likely N-dealkylation sites (tertiary alicyclic amines) is 1. The van der Waals surface area contributed by atoms with Gasteiger partial charge in [-0.2, -0.15) is 5.10 Å². The zero-order valence-electron chi connectivity index (χ0n) is 18.3. The van der Waals surface area contributed by atoms with Gasteiger partial charge in [0.2, 0.25) is 5.91 Å². The molecule has 4 rings (SSSR count). The van der Waals surface area contributed by atoms with E-state index in [9.17, 15) is 4.79 Å². The van der Waals surface area contributed by atoms with E-state index < -0.39 is 0 Å². The number of aromatic nitrogens is 2. The second-order valence-electron chi connectivity index (χ2n) is 9.14. The summed E-state index contributed by atoms with van der Waals surface area (Å²) >= 11 is 0. The van der Waals surface area contributed by atoms with Crippen molar-refractivity contribution in [2.75, 3.05) is 19.6 Å². The highest BCUT2D eigenvalue weighted by molar-refractivity contribution is 5.75. The number of nitrogens with zero attached hydrogens (tertiary/aromatic N) is 2. The third-order valence-electron chi connectivity index (χ3n) is 6.79. The molecule has 0 radical (unpaired) electrons. The summed E-state index contributed by atoms with van der Waals surface area (Å²) in [5, 5.41) is 14.0. The Balaban J connectivity index is 1.21. The highest BCUT2D eigenvalue weighted by atomic mass is 16.1. The summed E-state index contributed by atoms with van der Waals surface area (Å²) in [5.41, 5.74) is 4.50. The van der Waals surface area contributed by atoms with Crippen molar-refractivity contribution in [1.82, 2.24) is 25.7 Å². The van der Waals surface area contributed by atoms with Gasteiger partial charge in [-0.15, -0.1) is 0 Å². The number of carbonyl (C=O) groups excluding carboxylic acids is 1. The number of H-pyrrole nitrogens is 1. The van der Waals surface area contributed by atoms with Gasteiger partial charge >= 0.3 is 0 Å². The zero-order chi connectivity index (χ0) is 20.9. The second kappa shape index (κ2) is 9.75. The summed E-state index contributed by atoms with van der Waals surface area (Å²) in [6, 6.07) is 11.3. The molecule has 162 valence electrons. The summed E-state index contributed by atoms with van der Waals surface area (Å²) in [6.07, 6.45) is 3.94. The number of amides is 1. The van der Waals surface area contributed by atoms with E-state index in [0.717, 1.165) is 55.3 Å². The molecule has 2 saturated heterocycles. The van der Waals surface area contributed by atoms with Crippen molar-refractivity contribution in [3.05, 3.63) is 52.8 Å². The molecule has 6 nitrogen and oxygen atoms in total. The molecule has 3 N–H and O–H groups in total. The number of benzene rings is 1. The van der Waals surface area contributed by atoms with Crippen molar-refractivity contribution in [2.24, 2.45) is 11.8 Å². The number of aromatic amines is 1. The summed E-state index contributed by atoms with van der Waals surface area (Å²) < 4.78 is 0. The van der Waals surface area contributed by atoms with Gasteiger partial charge in [0.1, 0.15) is 0 Å². The molecule has 2 aliphatic heterocycles. The molecule has 3 atom stereocenters. The fourth-order valence-electron chi connectivity index (χ4n) is 5.17. The van der Waals surface area contributed by atoms with Crippen LogP contribution in [0.2, 0.25) is 0 Å². The lowest BCUT2D eigenvalue weighted by molar-refractivity contribution is -0.121. The van der Waals surface area contributed by atoms with E-state index in [2.05, 4.69) is 56.1 Å². The number of nitrogens with one attached hydrogen (secondary N) is 3. The summed E-state index contributed by atoms with van der Waals surface area (Å²) in [6.45, 7) is 9.04. The summed E-state index contributed by atoms with van der Waals surface area (Å²) in [4.78, 5) is 14.9. The molecule has 0 spiro atoms. The van der Waals surface area contributed by atoms with E-state index >= 15 is 0 Å². The average molecular weight is 410 g/mol. The van der Waals surface area contributed by atoms with Crippen LogP contribution >= 0.6 is 0 Å². The Hall–Kier alpha value is -2.18. The smallest absolute Gasteiger partial charge is 0.220 e. The van der Waals surface area contributed by atoms with Crippen molar-refractivity contribution in [2.45, 2.75) is 58.7 Å². The molecular formula is C24H35N5O. The standard InChI is InChI=1S/C24H35N5O/c1-17-22(18(2)28-27-17)13-26-24(30)10-6-9-23-21-11-20(12-25-23)15-29(16-21)14-19-7-4-3-5-8-19/h3-5,7-8,20-21,23,25H,6,9-16H2,1-2H3,(H,26,30)(H,27,28)/t20-,21-,23+/m0/s1. The summed E-state index contributed by atoms with van der Waals surface area (Å²) in [5.74, 6) is 1.59. The Bertz CT molecular complexity index is 814. The van der Waals surface area contributed by atoms with Crippen LogP contribution in [0.3, 0.4) is 0 Å². The topological polar surface area (TPSA) is 73.0 Å². The lowest BCUT2D eigenvalue weighted by atomic mass is 9.79. The van der Waals surface area contributed by atoms with Crippen molar-refractivity contribution in [3.63, 3.8) is 0 Å². The fourth-order valence-corrected chi connectivity index (χ4v) is 5.17. The number of aryl methyl sites for hydroxylation is 2. The van der Waals surface area contributed by atoms with Crippen LogP contribution in [0.1, 0.15) is 48.2 Å². The third-order valence-corrected chi connectivity index (χ3v) is 6.79. The van der Waals surface area contributed by atoms with E-state index in [1.807, 2.05) is 13.8 Å². The number of hydrogen-bond acceptors (Lipinski definition) is 4. The molecular weight excluding hydrogens is 374 g/mol. The van der Waals surface area contributed by atoms with E-state index in [4.69, 9.17) is 0 Å². The van der Waals surface area contributed by atoms with Gasteiger partial charge in [-0.25, -0.2) is 0 Å². The lowest BCUT2D eigenvalue weighted by Gasteiger charge is -2.46. The molecule has 1 aromatic heterocycles. The van der Waals surface area contributed by atoms with Gasteiger partial charge in [0.15, 0.2) is 0 Å². The fraction of sp³-hybridized carbons (Fsp3) is 0.583. The normalized spacial score (nSPS) is 24.0. The Kier molecular flexibility index (Phi) is 6.85. The van der Waals surface area contributed by atoms with Crippen LogP contribution in [0, 0.1) is 25.7 Å². The van der Waals surface area contributed by atoms with Crippen LogP contribution in [0.4, 0.5) is 0 Å². The largest absolute Gasteiger partial charge is 0.352 e. The first kappa shape index (κ1) is 21.1. The number of fused-ring (bicyclic) bond motifs is 2. The van der Waals surface area contributed by atoms with Crippen LogP contribution in [0.15, 0.2) is 30.3 Å². The predicted octanol–water partition coefficient (Wildman–Crippen LogP) is 2.92. The first-order valence-electron chi connectivity index (χ1n) is 11.3. The molecule has 30 heavy (non-hydrogen) atoms. The molecule has 2 aromatic rings. The minimum Gasteiger partial charge on any atom is -0.352 e. The third kappa shape index (κ3) is 5.29. The molecule has 1 amide bonds. The van der Waals surface area contributed by atoms with Crippen LogP contribution in [0.5, 0.6) is 0 Å². The maximum atomic E-state index is 12.3. The van der Waals surface area contributed by atoms with E-state index in [0.29, 0.717) is 24.9 Å². The molecule has 1 aromatic carbocycles. The number of hydrogen-bond donors (Lipinski definition) is 3. The molecule has 3 heterocycles. The first-order valence-corrected chi connectivity index (χ1v) is 11.3. The summed E-state index contributed by atoms with van der Waals surface area (Å²) in [7, 11) is 0. The number of carbonyl (C=O) groups is 1. The highest BCUT2D eigenvalue weighted by Gasteiger charge is 2.36. The van der Waals surface area contributed by atoms with Crippen LogP contribution in [0.25, 0.3) is 0 Å².